The van der Waals surface area contributed by atoms with E-state index in [1.54, 1.807) is 0 Å². The molecule has 11 heteroatoms. The van der Waals surface area contributed by atoms with Crippen LogP contribution in [0.25, 0.3) is 32.9 Å². The van der Waals surface area contributed by atoms with Gasteiger partial charge in [0, 0.05) is 30.5 Å². The number of halogens is 3. The summed E-state index contributed by atoms with van der Waals surface area (Å²) in [6, 6.07) is 5.52. The Morgan fingerprint density at radius 3 is 2.87 bits per heavy atom. The Hall–Kier alpha value is -4.14. The number of nitrogens with zero attached hydrogens (tertiary/aromatic N) is 5. The van der Waals surface area contributed by atoms with Crippen molar-refractivity contribution < 1.29 is 27.8 Å². The Labute approximate surface area is 258 Å². The molecule has 6 heterocycles. The van der Waals surface area contributed by atoms with Crippen LogP contribution in [0, 0.1) is 24.0 Å². The Morgan fingerprint density at radius 1 is 1.11 bits per heavy atom. The lowest BCUT2D eigenvalue weighted by Gasteiger charge is -2.38. The van der Waals surface area contributed by atoms with Crippen LogP contribution in [0.15, 0.2) is 24.3 Å². The maximum atomic E-state index is 17.0. The predicted octanol–water partition coefficient (Wildman–Crippen LogP) is 5.65. The maximum absolute atomic E-state index is 17.0. The number of terminal acetylenes is 1. The highest BCUT2D eigenvalue weighted by Crippen LogP contribution is 2.43. The number of piperidine rings is 1. The summed E-state index contributed by atoms with van der Waals surface area (Å²) < 4.78 is 58.7. The molecule has 3 fully saturated rings. The fraction of sp³-hybridized carbons (Fsp3) is 0.441. The lowest BCUT2D eigenvalue weighted by atomic mass is 9.95. The number of ether oxygens (including phenoxy) is 2. The molecule has 0 amide bonds. The number of aromatic hydroxyl groups is 1. The van der Waals surface area contributed by atoms with Crippen molar-refractivity contribution in [2.45, 2.75) is 62.9 Å². The molecule has 4 aromatic rings. The fourth-order valence-electron chi connectivity index (χ4n) is 7.91. The van der Waals surface area contributed by atoms with Gasteiger partial charge in [-0.1, -0.05) is 12.0 Å². The number of aromatic nitrogens is 3. The number of anilines is 1. The van der Waals surface area contributed by atoms with Gasteiger partial charge in [0.05, 0.1) is 41.4 Å². The van der Waals surface area contributed by atoms with Gasteiger partial charge < -0.3 is 19.5 Å². The van der Waals surface area contributed by atoms with Crippen molar-refractivity contribution in [1.29, 1.82) is 0 Å². The lowest BCUT2D eigenvalue weighted by Crippen LogP contribution is -2.44. The molecule has 232 valence electrons. The summed E-state index contributed by atoms with van der Waals surface area (Å²) in [6.07, 6.45) is 9.82. The van der Waals surface area contributed by atoms with Crippen LogP contribution in [0.4, 0.5) is 19.0 Å². The molecule has 0 saturated carbocycles. The van der Waals surface area contributed by atoms with Gasteiger partial charge in [0.15, 0.2) is 5.82 Å². The minimum atomic E-state index is -0.919. The van der Waals surface area contributed by atoms with Gasteiger partial charge in [-0.3, -0.25) is 4.90 Å². The van der Waals surface area contributed by atoms with Crippen LogP contribution < -0.4 is 9.64 Å². The van der Waals surface area contributed by atoms with E-state index in [4.69, 9.17) is 25.9 Å². The second kappa shape index (κ2) is 10.7. The maximum Gasteiger partial charge on any atom is 0.319 e. The highest BCUT2D eigenvalue weighted by Gasteiger charge is 2.49. The fourth-order valence-corrected chi connectivity index (χ4v) is 7.91. The third-order valence-electron chi connectivity index (χ3n) is 9.95. The van der Waals surface area contributed by atoms with E-state index in [2.05, 4.69) is 20.7 Å². The first-order valence-electron chi connectivity index (χ1n) is 15.5. The zero-order valence-electron chi connectivity index (χ0n) is 24.7. The third kappa shape index (κ3) is 4.57. The van der Waals surface area contributed by atoms with E-state index in [1.165, 1.54) is 24.3 Å². The molecule has 0 bridgehead atoms. The first-order valence-corrected chi connectivity index (χ1v) is 15.5. The zero-order valence-corrected chi connectivity index (χ0v) is 24.7. The van der Waals surface area contributed by atoms with Gasteiger partial charge >= 0.3 is 6.01 Å². The van der Waals surface area contributed by atoms with Crippen molar-refractivity contribution in [3.05, 3.63) is 47.2 Å². The van der Waals surface area contributed by atoms with Crippen LogP contribution in [0.5, 0.6) is 11.8 Å². The van der Waals surface area contributed by atoms with Crippen molar-refractivity contribution in [2.24, 2.45) is 0 Å². The molecule has 2 aromatic heterocycles. The van der Waals surface area contributed by atoms with Crippen molar-refractivity contribution >= 4 is 27.5 Å². The molecule has 45 heavy (non-hydrogen) atoms. The molecule has 3 atom stereocenters. The molecule has 8 nitrogen and oxygen atoms in total. The van der Waals surface area contributed by atoms with Gasteiger partial charge in [0.2, 0.25) is 0 Å². The Morgan fingerprint density at radius 2 is 2.00 bits per heavy atom. The van der Waals surface area contributed by atoms with E-state index in [0.29, 0.717) is 48.4 Å². The average molecular weight is 616 g/mol. The van der Waals surface area contributed by atoms with Crippen LogP contribution in [0.3, 0.4) is 0 Å². The highest BCUT2D eigenvalue weighted by atomic mass is 19.1. The molecule has 0 spiro atoms. The average Bonchev–Trinajstić information content (AvgIpc) is 3.55. The predicted molar refractivity (Wildman–Crippen MR) is 163 cm³/mol. The molecule has 4 aliphatic heterocycles. The van der Waals surface area contributed by atoms with Crippen molar-refractivity contribution in [1.82, 2.24) is 19.9 Å². The van der Waals surface area contributed by atoms with Crippen LogP contribution >= 0.6 is 0 Å². The third-order valence-corrected chi connectivity index (χ3v) is 9.95. The van der Waals surface area contributed by atoms with E-state index in [-0.39, 0.29) is 58.7 Å². The van der Waals surface area contributed by atoms with E-state index in [1.807, 2.05) is 0 Å². The van der Waals surface area contributed by atoms with E-state index >= 15 is 4.39 Å². The molecule has 0 radical (unpaired) electrons. The summed E-state index contributed by atoms with van der Waals surface area (Å²) in [5, 5.41) is 11.7. The second-order valence-electron chi connectivity index (χ2n) is 12.7. The summed E-state index contributed by atoms with van der Waals surface area (Å²) in [6.45, 7) is 2.60. The standard InChI is InChI=1S/C34H32F3N5O3/c1-2-23-25(36)8-7-19-12-22(43)13-24(27(19)23)30-29(37)31-28-26(38-30)17-44-16-21-6-3-4-11-42(21)32(28)40-33(39-31)45-18-34-9-5-10-41(34)15-20(35)14-34/h1,7-8,12-13,20-21,43H,3-6,9-11,14-18H2/t20-,21+,34?/m1/s1. The summed E-state index contributed by atoms with van der Waals surface area (Å²) in [7, 11) is 0. The smallest absolute Gasteiger partial charge is 0.319 e. The Kier molecular flexibility index (Phi) is 6.76. The summed E-state index contributed by atoms with van der Waals surface area (Å²) in [4.78, 5) is 18.5. The van der Waals surface area contributed by atoms with Gasteiger partial charge in [-0.2, -0.15) is 9.97 Å². The van der Waals surface area contributed by atoms with Crippen LogP contribution in [-0.2, 0) is 11.3 Å². The van der Waals surface area contributed by atoms with Crippen molar-refractivity contribution in [3.8, 4) is 35.4 Å². The topological polar surface area (TPSA) is 83.8 Å². The molecule has 0 aliphatic carbocycles. The zero-order chi connectivity index (χ0) is 30.9. The largest absolute Gasteiger partial charge is 0.508 e. The molecule has 2 aromatic carbocycles. The molecular weight excluding hydrogens is 583 g/mol. The minimum absolute atomic E-state index is 0.00461. The number of hydrogen-bond acceptors (Lipinski definition) is 8. The van der Waals surface area contributed by atoms with Crippen molar-refractivity contribution in [3.63, 3.8) is 0 Å². The Bertz CT molecular complexity index is 1900. The molecule has 1 N–H and O–H groups in total. The number of alkyl halides is 1. The number of phenolic OH excluding ortho intramolecular Hbond substituents is 1. The normalized spacial score (nSPS) is 24.7. The lowest BCUT2D eigenvalue weighted by molar-refractivity contribution is 0.0956. The number of pyridine rings is 1. The molecule has 3 saturated heterocycles. The minimum Gasteiger partial charge on any atom is -0.508 e. The summed E-state index contributed by atoms with van der Waals surface area (Å²) in [5.41, 5.74) is -0.112. The quantitative estimate of drug-likeness (QED) is 0.295. The number of benzene rings is 2. The van der Waals surface area contributed by atoms with Crippen LogP contribution in [0.2, 0.25) is 0 Å². The first-order chi connectivity index (χ1) is 21.8. The van der Waals surface area contributed by atoms with Crippen LogP contribution in [-0.4, -0.2) is 75.6 Å². The highest BCUT2D eigenvalue weighted by molar-refractivity contribution is 6.03. The molecular formula is C34H32F3N5O3. The number of hydrogen-bond donors (Lipinski definition) is 1. The van der Waals surface area contributed by atoms with Gasteiger partial charge in [0.25, 0.3) is 0 Å². The number of fused-ring (bicyclic) bond motifs is 4. The van der Waals surface area contributed by atoms with Crippen molar-refractivity contribution in [2.75, 3.05) is 37.7 Å². The van der Waals surface area contributed by atoms with E-state index in [0.717, 1.165) is 38.6 Å². The van der Waals surface area contributed by atoms with Crippen LogP contribution in [0.1, 0.15) is 49.8 Å². The van der Waals surface area contributed by atoms with Gasteiger partial charge in [-0.25, -0.2) is 18.2 Å². The molecule has 8 rings (SSSR count). The first kappa shape index (κ1) is 28.3. The monoisotopic (exact) mass is 615 g/mol. The Balaban J connectivity index is 1.34. The van der Waals surface area contributed by atoms with E-state index < -0.39 is 23.3 Å². The second-order valence-corrected chi connectivity index (χ2v) is 12.7. The molecule has 1 unspecified atom stereocenters. The van der Waals surface area contributed by atoms with E-state index in [9.17, 15) is 13.9 Å². The number of phenols is 1. The van der Waals surface area contributed by atoms with Gasteiger partial charge in [-0.15, -0.1) is 6.42 Å². The van der Waals surface area contributed by atoms with Gasteiger partial charge in [-0.05, 0) is 62.2 Å². The number of rotatable bonds is 4. The summed E-state index contributed by atoms with van der Waals surface area (Å²) in [5.74, 6) is 1.34. The van der Waals surface area contributed by atoms with Gasteiger partial charge in [0.1, 0.15) is 41.4 Å². The summed E-state index contributed by atoms with van der Waals surface area (Å²) >= 11 is 0. The molecule has 4 aliphatic rings. The SMILES string of the molecule is C#Cc1c(F)ccc2cc(O)cc(-c3nc4c5c(nc(OCC67CCCN6C[C@H](F)C7)nc5c3F)N3CCCC[C@H]3COC4)c12.